The summed E-state index contributed by atoms with van der Waals surface area (Å²) in [6, 6.07) is 12.3. The van der Waals surface area contributed by atoms with Gasteiger partial charge in [0, 0.05) is 16.8 Å². The summed E-state index contributed by atoms with van der Waals surface area (Å²) in [7, 11) is 0. The van der Waals surface area contributed by atoms with Crippen molar-refractivity contribution in [2.45, 2.75) is 6.61 Å². The van der Waals surface area contributed by atoms with E-state index in [1.54, 1.807) is 30.3 Å². The lowest BCUT2D eigenvalue weighted by molar-refractivity contribution is 0.0694. The minimum absolute atomic E-state index is 0.195. The van der Waals surface area contributed by atoms with Crippen molar-refractivity contribution in [1.29, 1.82) is 0 Å². The number of nitrogens with one attached hydrogen (secondary N) is 1. The Balaban J connectivity index is 1.70. The number of aromatic amines is 1. The molecule has 4 aromatic rings. The van der Waals surface area contributed by atoms with Gasteiger partial charge in [-0.1, -0.05) is 23.7 Å². The third-order valence-electron chi connectivity index (χ3n) is 4.14. The molecule has 4 rings (SSSR count). The Kier molecular flexibility index (Phi) is 5.22. The number of carboxylic acid groups (broad SMARTS) is 1. The molecule has 11 heteroatoms. The lowest BCUT2D eigenvalue weighted by atomic mass is 10.1. The molecule has 30 heavy (non-hydrogen) atoms. The molecule has 0 saturated heterocycles. The van der Waals surface area contributed by atoms with Crippen LogP contribution in [0.3, 0.4) is 0 Å². The number of hydrogen-bond acceptors (Lipinski definition) is 7. The number of aromatic nitrogens is 6. The molecule has 0 amide bonds. The van der Waals surface area contributed by atoms with Crippen molar-refractivity contribution in [3.05, 3.63) is 81.5 Å². The van der Waals surface area contributed by atoms with E-state index < -0.39 is 17.1 Å². The van der Waals surface area contributed by atoms with Crippen LogP contribution in [-0.2, 0) is 6.61 Å². The molecule has 2 aromatic heterocycles. The van der Waals surface area contributed by atoms with E-state index in [-0.39, 0.29) is 12.4 Å². The van der Waals surface area contributed by atoms with Crippen LogP contribution in [0.4, 0.5) is 0 Å². The molecule has 150 valence electrons. The maximum absolute atomic E-state index is 12.0. The molecule has 0 saturated carbocycles. The molecular formula is C19H13ClN6O4. The van der Waals surface area contributed by atoms with Gasteiger partial charge in [0.25, 0.3) is 5.56 Å². The zero-order valence-corrected chi connectivity index (χ0v) is 15.9. The van der Waals surface area contributed by atoms with Crippen LogP contribution in [0.15, 0.2) is 59.8 Å². The Bertz CT molecular complexity index is 1270. The normalized spacial score (nSPS) is 10.7. The molecule has 2 heterocycles. The SMILES string of the molecule is O=C(O)c1cnc(-c2ccc(OCc3cccc(Cl)c3)c(-n3cnnn3)c2)[nH]c1=O. The maximum atomic E-state index is 12.0. The van der Waals surface area contributed by atoms with Crippen LogP contribution >= 0.6 is 11.6 Å². The Morgan fingerprint density at radius 3 is 2.80 bits per heavy atom. The molecule has 0 unspecified atom stereocenters. The standard InChI is InChI=1S/C19H13ClN6O4/c20-13-3-1-2-11(6-13)9-30-16-5-4-12(7-15(16)26-10-22-24-25-26)17-21-8-14(19(28)29)18(27)23-17/h1-8,10H,9H2,(H,28,29)(H,21,23,27). The van der Waals surface area contributed by atoms with Crippen molar-refractivity contribution in [1.82, 2.24) is 30.2 Å². The van der Waals surface area contributed by atoms with Crippen molar-refractivity contribution in [2.24, 2.45) is 0 Å². The van der Waals surface area contributed by atoms with Gasteiger partial charge >= 0.3 is 5.97 Å². The summed E-state index contributed by atoms with van der Waals surface area (Å²) < 4.78 is 7.33. The van der Waals surface area contributed by atoms with E-state index >= 15 is 0 Å². The van der Waals surface area contributed by atoms with Gasteiger partial charge in [-0.2, -0.15) is 4.68 Å². The Morgan fingerprint density at radius 1 is 1.23 bits per heavy atom. The van der Waals surface area contributed by atoms with Gasteiger partial charge < -0.3 is 14.8 Å². The van der Waals surface area contributed by atoms with Crippen molar-refractivity contribution < 1.29 is 14.6 Å². The molecule has 0 aliphatic rings. The van der Waals surface area contributed by atoms with Crippen molar-refractivity contribution in [3.8, 4) is 22.8 Å². The molecule has 2 aromatic carbocycles. The third-order valence-corrected chi connectivity index (χ3v) is 4.38. The number of tetrazole rings is 1. The molecule has 0 fully saturated rings. The smallest absolute Gasteiger partial charge is 0.342 e. The topological polar surface area (TPSA) is 136 Å². The second-order valence-corrected chi connectivity index (χ2v) is 6.57. The van der Waals surface area contributed by atoms with E-state index in [9.17, 15) is 9.59 Å². The predicted molar refractivity (Wildman–Crippen MR) is 106 cm³/mol. The molecule has 10 nitrogen and oxygen atoms in total. The predicted octanol–water partition coefficient (Wildman–Crippen LogP) is 2.34. The summed E-state index contributed by atoms with van der Waals surface area (Å²) in [5, 5.41) is 20.8. The van der Waals surface area contributed by atoms with Crippen molar-refractivity contribution in [2.75, 3.05) is 0 Å². The Morgan fingerprint density at radius 2 is 2.10 bits per heavy atom. The first kappa shape index (κ1) is 19.3. The fourth-order valence-corrected chi connectivity index (χ4v) is 2.93. The molecule has 0 bridgehead atoms. The number of benzene rings is 2. The average molecular weight is 425 g/mol. The number of ether oxygens (including phenoxy) is 1. The summed E-state index contributed by atoms with van der Waals surface area (Å²) in [5.74, 6) is -0.675. The van der Waals surface area contributed by atoms with Gasteiger partial charge in [-0.25, -0.2) is 9.78 Å². The van der Waals surface area contributed by atoms with Gasteiger partial charge in [-0.05, 0) is 46.3 Å². The number of hydrogen-bond donors (Lipinski definition) is 2. The summed E-state index contributed by atoms with van der Waals surface area (Å²) >= 11 is 6.01. The highest BCUT2D eigenvalue weighted by molar-refractivity contribution is 6.30. The molecule has 0 aliphatic carbocycles. The minimum atomic E-state index is -1.35. The minimum Gasteiger partial charge on any atom is -0.487 e. The van der Waals surface area contributed by atoms with Gasteiger partial charge in [-0.15, -0.1) is 5.10 Å². The zero-order chi connectivity index (χ0) is 21.1. The number of halogens is 1. The van der Waals surface area contributed by atoms with Gasteiger partial charge in [0.1, 0.15) is 35.8 Å². The molecular weight excluding hydrogens is 412 g/mol. The number of carbonyl (C=O) groups is 1. The first-order valence-electron chi connectivity index (χ1n) is 8.59. The Hall–Kier alpha value is -4.05. The Labute approximate surface area is 173 Å². The third kappa shape index (κ3) is 4.03. The average Bonchev–Trinajstić information content (AvgIpc) is 3.26. The van der Waals surface area contributed by atoms with E-state index in [2.05, 4.69) is 25.5 Å². The molecule has 0 radical (unpaired) electrons. The molecule has 0 spiro atoms. The second kappa shape index (κ2) is 8.13. The second-order valence-electron chi connectivity index (χ2n) is 6.14. The van der Waals surface area contributed by atoms with Crippen LogP contribution in [0, 0.1) is 0 Å². The lowest BCUT2D eigenvalue weighted by Gasteiger charge is -2.13. The van der Waals surface area contributed by atoms with Crippen LogP contribution in [0.1, 0.15) is 15.9 Å². The van der Waals surface area contributed by atoms with Crippen molar-refractivity contribution >= 4 is 17.6 Å². The maximum Gasteiger partial charge on any atom is 0.342 e. The van der Waals surface area contributed by atoms with E-state index in [1.165, 1.54) is 11.0 Å². The fraction of sp³-hybridized carbons (Fsp3) is 0.0526. The number of rotatable bonds is 6. The monoisotopic (exact) mass is 424 g/mol. The van der Waals surface area contributed by atoms with Gasteiger partial charge in [0.2, 0.25) is 0 Å². The quantitative estimate of drug-likeness (QED) is 0.481. The zero-order valence-electron chi connectivity index (χ0n) is 15.2. The highest BCUT2D eigenvalue weighted by Crippen LogP contribution is 2.28. The van der Waals surface area contributed by atoms with Crippen LogP contribution in [0.25, 0.3) is 17.1 Å². The number of carboxylic acids is 1. The van der Waals surface area contributed by atoms with Gasteiger partial charge in [0.05, 0.1) is 0 Å². The highest BCUT2D eigenvalue weighted by Gasteiger charge is 2.14. The van der Waals surface area contributed by atoms with E-state index in [1.807, 2.05) is 12.1 Å². The first-order valence-corrected chi connectivity index (χ1v) is 8.97. The lowest BCUT2D eigenvalue weighted by Crippen LogP contribution is -2.18. The summed E-state index contributed by atoms with van der Waals surface area (Å²) in [6.07, 6.45) is 2.41. The van der Waals surface area contributed by atoms with Crippen LogP contribution in [0.2, 0.25) is 5.02 Å². The van der Waals surface area contributed by atoms with Gasteiger partial charge in [-0.3, -0.25) is 4.79 Å². The summed E-state index contributed by atoms with van der Waals surface area (Å²) in [4.78, 5) is 29.5. The molecule has 0 aliphatic heterocycles. The van der Waals surface area contributed by atoms with Crippen LogP contribution < -0.4 is 10.3 Å². The highest BCUT2D eigenvalue weighted by atomic mass is 35.5. The number of H-pyrrole nitrogens is 1. The van der Waals surface area contributed by atoms with Gasteiger partial charge in [0.15, 0.2) is 0 Å². The van der Waals surface area contributed by atoms with Crippen molar-refractivity contribution in [3.63, 3.8) is 0 Å². The largest absolute Gasteiger partial charge is 0.487 e. The number of nitrogens with zero attached hydrogens (tertiary/aromatic N) is 5. The number of aromatic carboxylic acids is 1. The van der Waals surface area contributed by atoms with E-state index in [0.717, 1.165) is 11.8 Å². The van der Waals surface area contributed by atoms with Crippen LogP contribution in [0.5, 0.6) is 5.75 Å². The summed E-state index contributed by atoms with van der Waals surface area (Å²) in [6.45, 7) is 0.261. The summed E-state index contributed by atoms with van der Waals surface area (Å²) in [5.41, 5.74) is 0.706. The fourth-order valence-electron chi connectivity index (χ4n) is 2.72. The first-order chi connectivity index (χ1) is 14.5. The van der Waals surface area contributed by atoms with Crippen LogP contribution in [-0.4, -0.2) is 41.3 Å². The molecule has 0 atom stereocenters. The molecule has 2 N–H and O–H groups in total. The van der Waals surface area contributed by atoms with E-state index in [4.69, 9.17) is 21.4 Å². The van der Waals surface area contributed by atoms with E-state index in [0.29, 0.717) is 22.0 Å².